The standard InChI is InChI=1S/C14H19N3O2/c1-3-11-9(7-8-19-11)13-15-10-5-6-12(18-4-2)16-14(10)17-13/h5-6,9,11H,3-4,7-8H2,1-2H3,(H,15,16,17). The molecule has 3 rings (SSSR count). The van der Waals surface area contributed by atoms with Gasteiger partial charge >= 0.3 is 0 Å². The Morgan fingerprint density at radius 1 is 1.37 bits per heavy atom. The molecule has 5 nitrogen and oxygen atoms in total. The number of pyridine rings is 1. The number of H-pyrrole nitrogens is 1. The predicted octanol–water partition coefficient (Wildman–Crippen LogP) is 2.64. The molecule has 1 saturated heterocycles. The molecule has 3 heterocycles. The van der Waals surface area contributed by atoms with Gasteiger partial charge in [0.2, 0.25) is 5.88 Å². The van der Waals surface area contributed by atoms with Gasteiger partial charge in [-0.3, -0.25) is 0 Å². The van der Waals surface area contributed by atoms with E-state index in [-0.39, 0.29) is 6.10 Å². The lowest BCUT2D eigenvalue weighted by molar-refractivity contribution is 0.0996. The molecule has 102 valence electrons. The maximum absolute atomic E-state index is 5.72. The fourth-order valence-electron chi connectivity index (χ4n) is 2.66. The summed E-state index contributed by atoms with van der Waals surface area (Å²) in [5, 5.41) is 0. The molecule has 2 aromatic rings. The molecule has 2 aromatic heterocycles. The van der Waals surface area contributed by atoms with Crippen LogP contribution in [0.15, 0.2) is 12.1 Å². The Morgan fingerprint density at radius 3 is 3.05 bits per heavy atom. The highest BCUT2D eigenvalue weighted by Gasteiger charge is 2.30. The van der Waals surface area contributed by atoms with E-state index in [1.54, 1.807) is 0 Å². The Labute approximate surface area is 112 Å². The number of fused-ring (bicyclic) bond motifs is 1. The number of hydrogen-bond donors (Lipinski definition) is 1. The van der Waals surface area contributed by atoms with Crippen molar-refractivity contribution in [1.82, 2.24) is 15.0 Å². The van der Waals surface area contributed by atoms with Crippen LogP contribution in [0.4, 0.5) is 0 Å². The van der Waals surface area contributed by atoms with Gasteiger partial charge in [-0.15, -0.1) is 0 Å². The average Bonchev–Trinajstić information content (AvgIpc) is 3.04. The summed E-state index contributed by atoms with van der Waals surface area (Å²) in [6.45, 7) is 5.53. The minimum absolute atomic E-state index is 0.270. The molecule has 1 fully saturated rings. The molecule has 2 atom stereocenters. The second-order valence-corrected chi connectivity index (χ2v) is 4.79. The first-order chi connectivity index (χ1) is 9.31. The van der Waals surface area contributed by atoms with Crippen LogP contribution in [0, 0.1) is 0 Å². The van der Waals surface area contributed by atoms with E-state index in [9.17, 15) is 0 Å². The van der Waals surface area contributed by atoms with Crippen molar-refractivity contribution in [3.63, 3.8) is 0 Å². The van der Waals surface area contributed by atoms with Gasteiger partial charge in [0.15, 0.2) is 5.65 Å². The zero-order chi connectivity index (χ0) is 13.2. The minimum Gasteiger partial charge on any atom is -0.478 e. The first-order valence-electron chi connectivity index (χ1n) is 6.93. The van der Waals surface area contributed by atoms with E-state index in [0.717, 1.165) is 36.4 Å². The van der Waals surface area contributed by atoms with Gasteiger partial charge in [-0.2, -0.15) is 4.98 Å². The summed E-state index contributed by atoms with van der Waals surface area (Å²) < 4.78 is 11.1. The molecular formula is C14H19N3O2. The van der Waals surface area contributed by atoms with Crippen LogP contribution in [0.3, 0.4) is 0 Å². The largest absolute Gasteiger partial charge is 0.478 e. The average molecular weight is 261 g/mol. The monoisotopic (exact) mass is 261 g/mol. The molecular weight excluding hydrogens is 242 g/mol. The lowest BCUT2D eigenvalue weighted by Crippen LogP contribution is -2.14. The normalized spacial score (nSPS) is 23.1. The van der Waals surface area contributed by atoms with Gasteiger partial charge in [0, 0.05) is 18.6 Å². The van der Waals surface area contributed by atoms with Crippen molar-refractivity contribution in [2.75, 3.05) is 13.2 Å². The van der Waals surface area contributed by atoms with Crippen molar-refractivity contribution in [3.8, 4) is 5.88 Å². The number of aromatic nitrogens is 3. The first-order valence-corrected chi connectivity index (χ1v) is 6.93. The molecule has 0 saturated carbocycles. The third-order valence-corrected chi connectivity index (χ3v) is 3.59. The van der Waals surface area contributed by atoms with E-state index in [4.69, 9.17) is 9.47 Å². The maximum atomic E-state index is 5.72. The number of ether oxygens (including phenoxy) is 2. The summed E-state index contributed by atoms with van der Waals surface area (Å²) in [5.74, 6) is 1.97. The minimum atomic E-state index is 0.270. The lowest BCUT2D eigenvalue weighted by atomic mass is 9.99. The van der Waals surface area contributed by atoms with Crippen molar-refractivity contribution in [1.29, 1.82) is 0 Å². The second-order valence-electron chi connectivity index (χ2n) is 4.79. The van der Waals surface area contributed by atoms with E-state index in [2.05, 4.69) is 21.9 Å². The molecule has 1 aliphatic heterocycles. The van der Waals surface area contributed by atoms with Crippen molar-refractivity contribution in [3.05, 3.63) is 18.0 Å². The first kappa shape index (κ1) is 12.4. The quantitative estimate of drug-likeness (QED) is 0.919. The predicted molar refractivity (Wildman–Crippen MR) is 72.4 cm³/mol. The molecule has 0 radical (unpaired) electrons. The van der Waals surface area contributed by atoms with Gasteiger partial charge < -0.3 is 14.5 Å². The van der Waals surface area contributed by atoms with Gasteiger partial charge in [-0.1, -0.05) is 6.92 Å². The summed E-state index contributed by atoms with van der Waals surface area (Å²) in [6.07, 6.45) is 2.31. The number of nitrogens with one attached hydrogen (secondary N) is 1. The Kier molecular flexibility index (Phi) is 3.38. The molecule has 0 spiro atoms. The van der Waals surface area contributed by atoms with E-state index in [1.807, 2.05) is 19.1 Å². The van der Waals surface area contributed by atoms with Crippen LogP contribution in [-0.4, -0.2) is 34.3 Å². The van der Waals surface area contributed by atoms with Crippen LogP contribution in [0.1, 0.15) is 38.4 Å². The summed E-state index contributed by atoms with van der Waals surface area (Å²) >= 11 is 0. The summed E-state index contributed by atoms with van der Waals surface area (Å²) in [7, 11) is 0. The second kappa shape index (κ2) is 5.17. The molecule has 0 aromatic carbocycles. The summed E-state index contributed by atoms with van der Waals surface area (Å²) in [6, 6.07) is 3.84. The Bertz CT molecular complexity index is 567. The van der Waals surface area contributed by atoms with E-state index < -0.39 is 0 Å². The summed E-state index contributed by atoms with van der Waals surface area (Å²) in [4.78, 5) is 12.4. The van der Waals surface area contributed by atoms with Crippen LogP contribution >= 0.6 is 0 Å². The molecule has 0 amide bonds. The topological polar surface area (TPSA) is 60.0 Å². The third-order valence-electron chi connectivity index (χ3n) is 3.59. The van der Waals surface area contributed by atoms with Gasteiger partial charge in [0.25, 0.3) is 0 Å². The molecule has 2 unspecified atom stereocenters. The summed E-state index contributed by atoms with van der Waals surface area (Å²) in [5.41, 5.74) is 1.68. The maximum Gasteiger partial charge on any atom is 0.215 e. The number of aromatic amines is 1. The van der Waals surface area contributed by atoms with Crippen LogP contribution in [0.25, 0.3) is 11.2 Å². The zero-order valence-electron chi connectivity index (χ0n) is 11.3. The highest BCUT2D eigenvalue weighted by Crippen LogP contribution is 2.32. The molecule has 5 heteroatoms. The van der Waals surface area contributed by atoms with Gasteiger partial charge in [-0.05, 0) is 25.8 Å². The lowest BCUT2D eigenvalue weighted by Gasteiger charge is -2.13. The Hall–Kier alpha value is -1.62. The Morgan fingerprint density at radius 2 is 2.26 bits per heavy atom. The van der Waals surface area contributed by atoms with Crippen molar-refractivity contribution in [2.24, 2.45) is 0 Å². The number of rotatable bonds is 4. The van der Waals surface area contributed by atoms with Crippen molar-refractivity contribution >= 4 is 11.2 Å². The number of nitrogens with zero attached hydrogens (tertiary/aromatic N) is 2. The van der Waals surface area contributed by atoms with Gasteiger partial charge in [-0.25, -0.2) is 4.98 Å². The highest BCUT2D eigenvalue weighted by atomic mass is 16.5. The van der Waals surface area contributed by atoms with Crippen LogP contribution in [-0.2, 0) is 4.74 Å². The van der Waals surface area contributed by atoms with E-state index >= 15 is 0 Å². The van der Waals surface area contributed by atoms with Crippen LogP contribution < -0.4 is 4.74 Å². The van der Waals surface area contributed by atoms with Gasteiger partial charge in [0.05, 0.1) is 18.2 Å². The van der Waals surface area contributed by atoms with Crippen molar-refractivity contribution < 1.29 is 9.47 Å². The fourth-order valence-corrected chi connectivity index (χ4v) is 2.66. The van der Waals surface area contributed by atoms with Crippen molar-refractivity contribution in [2.45, 2.75) is 38.7 Å². The van der Waals surface area contributed by atoms with E-state index in [1.165, 1.54) is 0 Å². The van der Waals surface area contributed by atoms with Gasteiger partial charge in [0.1, 0.15) is 5.82 Å². The smallest absolute Gasteiger partial charge is 0.215 e. The van der Waals surface area contributed by atoms with E-state index in [0.29, 0.717) is 18.4 Å². The third kappa shape index (κ3) is 2.30. The number of imidazole rings is 1. The SMILES string of the molecule is CCOc1ccc2[nH]c(C3CCOC3CC)nc2n1. The molecule has 0 aliphatic carbocycles. The number of hydrogen-bond acceptors (Lipinski definition) is 4. The fraction of sp³-hybridized carbons (Fsp3) is 0.571. The molecule has 1 aliphatic rings. The molecule has 0 bridgehead atoms. The highest BCUT2D eigenvalue weighted by molar-refractivity contribution is 5.71. The molecule has 19 heavy (non-hydrogen) atoms. The van der Waals surface area contributed by atoms with Crippen LogP contribution in [0.2, 0.25) is 0 Å². The zero-order valence-corrected chi connectivity index (χ0v) is 11.3. The Balaban J connectivity index is 1.92. The molecule has 1 N–H and O–H groups in total. The van der Waals surface area contributed by atoms with Crippen LogP contribution in [0.5, 0.6) is 5.88 Å².